The lowest BCUT2D eigenvalue weighted by Gasteiger charge is -2.04. The molecule has 1 heterocycles. The number of carbonyl (C=O) groups excluding carboxylic acids is 2. The Labute approximate surface area is 144 Å². The number of hydrazone groups is 1. The van der Waals surface area contributed by atoms with Gasteiger partial charge in [-0.15, -0.1) is 0 Å². The topological polar surface area (TPSA) is 86.3 Å². The normalized spacial score (nSPS) is 10.9. The van der Waals surface area contributed by atoms with Gasteiger partial charge in [0.1, 0.15) is 0 Å². The van der Waals surface area contributed by atoms with Crippen LogP contribution in [0.2, 0.25) is 0 Å². The monoisotopic (exact) mass is 334 g/mol. The van der Waals surface area contributed by atoms with Gasteiger partial charge in [0.05, 0.1) is 6.21 Å². The van der Waals surface area contributed by atoms with Crippen molar-refractivity contribution in [1.82, 2.24) is 15.7 Å². The number of rotatable bonds is 5. The zero-order valence-corrected chi connectivity index (χ0v) is 13.5. The summed E-state index contributed by atoms with van der Waals surface area (Å²) in [5.74, 6) is -1.49. The fourth-order valence-corrected chi connectivity index (χ4v) is 2.46. The molecule has 6 heteroatoms. The van der Waals surface area contributed by atoms with Gasteiger partial charge in [-0.2, -0.15) is 5.10 Å². The highest BCUT2D eigenvalue weighted by Crippen LogP contribution is 2.15. The molecule has 0 saturated heterocycles. The molecular formula is C19H18N4O2. The molecule has 3 aromatic rings. The maximum Gasteiger partial charge on any atom is 0.329 e. The average molecular weight is 334 g/mol. The summed E-state index contributed by atoms with van der Waals surface area (Å²) in [5.41, 5.74) is 5.15. The average Bonchev–Trinajstić information content (AvgIpc) is 3.06. The van der Waals surface area contributed by atoms with Gasteiger partial charge in [-0.3, -0.25) is 9.59 Å². The summed E-state index contributed by atoms with van der Waals surface area (Å²) in [5, 5.41) is 7.41. The first-order valence-electron chi connectivity index (χ1n) is 7.95. The number of fused-ring (bicyclic) bond motifs is 1. The molecule has 126 valence electrons. The van der Waals surface area contributed by atoms with Crippen molar-refractivity contribution in [2.45, 2.75) is 6.42 Å². The Morgan fingerprint density at radius 2 is 1.76 bits per heavy atom. The van der Waals surface area contributed by atoms with Crippen molar-refractivity contribution in [1.29, 1.82) is 0 Å². The van der Waals surface area contributed by atoms with Crippen LogP contribution in [0, 0.1) is 0 Å². The largest absolute Gasteiger partial charge is 0.361 e. The van der Waals surface area contributed by atoms with Crippen LogP contribution in [-0.2, 0) is 16.0 Å². The number of benzene rings is 2. The van der Waals surface area contributed by atoms with E-state index in [1.807, 2.05) is 54.6 Å². The lowest BCUT2D eigenvalue weighted by molar-refractivity contribution is -0.139. The molecule has 0 atom stereocenters. The Morgan fingerprint density at radius 1 is 1.00 bits per heavy atom. The van der Waals surface area contributed by atoms with Crippen LogP contribution in [-0.4, -0.2) is 29.6 Å². The van der Waals surface area contributed by atoms with E-state index >= 15 is 0 Å². The Morgan fingerprint density at radius 3 is 2.60 bits per heavy atom. The summed E-state index contributed by atoms with van der Waals surface area (Å²) in [7, 11) is 0. The van der Waals surface area contributed by atoms with E-state index in [9.17, 15) is 9.59 Å². The summed E-state index contributed by atoms with van der Waals surface area (Å²) in [6.45, 7) is 0.391. The molecule has 0 saturated carbocycles. The van der Waals surface area contributed by atoms with Gasteiger partial charge in [0, 0.05) is 29.2 Å². The molecule has 0 spiro atoms. The third kappa shape index (κ3) is 4.32. The van der Waals surface area contributed by atoms with Gasteiger partial charge in [-0.25, -0.2) is 5.43 Å². The van der Waals surface area contributed by atoms with E-state index < -0.39 is 11.8 Å². The molecule has 6 nitrogen and oxygen atoms in total. The van der Waals surface area contributed by atoms with Gasteiger partial charge in [-0.1, -0.05) is 48.5 Å². The van der Waals surface area contributed by atoms with Gasteiger partial charge in [0.2, 0.25) is 0 Å². The quantitative estimate of drug-likeness (QED) is 0.378. The highest BCUT2D eigenvalue weighted by molar-refractivity contribution is 6.35. The van der Waals surface area contributed by atoms with Gasteiger partial charge in [0.15, 0.2) is 0 Å². The van der Waals surface area contributed by atoms with Gasteiger partial charge < -0.3 is 10.3 Å². The molecular weight excluding hydrogens is 316 g/mol. The predicted molar refractivity (Wildman–Crippen MR) is 97.2 cm³/mol. The smallest absolute Gasteiger partial charge is 0.329 e. The van der Waals surface area contributed by atoms with Crippen LogP contribution in [0.1, 0.15) is 11.1 Å². The lowest BCUT2D eigenvalue weighted by Crippen LogP contribution is -2.38. The van der Waals surface area contributed by atoms with Gasteiger partial charge >= 0.3 is 11.8 Å². The van der Waals surface area contributed by atoms with Crippen molar-refractivity contribution in [2.24, 2.45) is 5.10 Å². The molecule has 0 aliphatic heterocycles. The Bertz CT molecular complexity index is 900. The zero-order valence-electron chi connectivity index (χ0n) is 13.5. The molecule has 0 aliphatic carbocycles. The van der Waals surface area contributed by atoms with Crippen molar-refractivity contribution in [3.8, 4) is 0 Å². The second-order valence-electron chi connectivity index (χ2n) is 5.48. The van der Waals surface area contributed by atoms with Crippen molar-refractivity contribution in [2.75, 3.05) is 6.54 Å². The van der Waals surface area contributed by atoms with Crippen molar-refractivity contribution < 1.29 is 9.59 Å². The minimum Gasteiger partial charge on any atom is -0.361 e. The van der Waals surface area contributed by atoms with Crippen LogP contribution < -0.4 is 10.7 Å². The molecule has 1 aromatic heterocycles. The first-order valence-corrected chi connectivity index (χ1v) is 7.95. The number of aromatic amines is 1. The summed E-state index contributed by atoms with van der Waals surface area (Å²) in [6.07, 6.45) is 3.96. The number of hydrogen-bond donors (Lipinski definition) is 3. The van der Waals surface area contributed by atoms with E-state index in [-0.39, 0.29) is 0 Å². The molecule has 0 radical (unpaired) electrons. The number of para-hydroxylation sites is 1. The zero-order chi connectivity index (χ0) is 17.5. The fraction of sp³-hybridized carbons (Fsp3) is 0.105. The Hall–Kier alpha value is -3.41. The maximum atomic E-state index is 11.7. The number of H-pyrrole nitrogens is 1. The van der Waals surface area contributed by atoms with Crippen LogP contribution in [0.25, 0.3) is 10.9 Å². The van der Waals surface area contributed by atoms with Crippen LogP contribution in [0.15, 0.2) is 65.9 Å². The molecule has 0 aliphatic rings. The lowest BCUT2D eigenvalue weighted by atomic mass is 10.1. The van der Waals surface area contributed by atoms with Crippen LogP contribution in [0.4, 0.5) is 0 Å². The first kappa shape index (κ1) is 16.4. The molecule has 0 fully saturated rings. The minimum atomic E-state index is -0.788. The maximum absolute atomic E-state index is 11.7. The van der Waals surface area contributed by atoms with Crippen LogP contribution >= 0.6 is 0 Å². The van der Waals surface area contributed by atoms with E-state index in [1.54, 1.807) is 6.20 Å². The van der Waals surface area contributed by atoms with Crippen LogP contribution in [0.5, 0.6) is 0 Å². The number of nitrogens with zero attached hydrogens (tertiary/aromatic N) is 1. The number of aromatic nitrogens is 1. The highest BCUT2D eigenvalue weighted by Gasteiger charge is 2.11. The molecule has 0 bridgehead atoms. The van der Waals surface area contributed by atoms with Crippen molar-refractivity contribution >= 4 is 28.9 Å². The van der Waals surface area contributed by atoms with Gasteiger partial charge in [0.25, 0.3) is 0 Å². The van der Waals surface area contributed by atoms with E-state index in [4.69, 9.17) is 0 Å². The van der Waals surface area contributed by atoms with Crippen molar-refractivity contribution in [3.63, 3.8) is 0 Å². The summed E-state index contributed by atoms with van der Waals surface area (Å²) >= 11 is 0. The minimum absolute atomic E-state index is 0.391. The first-order chi connectivity index (χ1) is 12.2. The molecule has 2 amide bonds. The highest BCUT2D eigenvalue weighted by atomic mass is 16.2. The molecule has 0 unspecified atom stereocenters. The van der Waals surface area contributed by atoms with E-state index in [0.29, 0.717) is 13.0 Å². The fourth-order valence-electron chi connectivity index (χ4n) is 2.46. The molecule has 3 rings (SSSR count). The molecule has 25 heavy (non-hydrogen) atoms. The van der Waals surface area contributed by atoms with Gasteiger partial charge in [-0.05, 0) is 18.1 Å². The number of amides is 2. The second-order valence-corrected chi connectivity index (χ2v) is 5.48. The Balaban J connectivity index is 1.47. The number of hydrogen-bond acceptors (Lipinski definition) is 3. The standard InChI is InChI=1S/C19H18N4O2/c24-18(20-11-10-14-6-2-1-3-7-14)19(25)23-22-13-15-12-21-17-9-5-4-8-16(15)17/h1-9,12-13,21H,10-11H2,(H,20,24)(H,23,25)/b22-13+. The molecule has 3 N–H and O–H groups in total. The second kappa shape index (κ2) is 7.92. The summed E-state index contributed by atoms with van der Waals surface area (Å²) in [4.78, 5) is 26.6. The predicted octanol–water partition coefficient (Wildman–Crippen LogP) is 1.98. The third-order valence-electron chi connectivity index (χ3n) is 3.74. The van der Waals surface area contributed by atoms with E-state index in [1.165, 1.54) is 6.21 Å². The Kier molecular flexibility index (Phi) is 5.21. The number of nitrogens with one attached hydrogen (secondary N) is 3. The van der Waals surface area contributed by atoms with E-state index in [2.05, 4.69) is 20.8 Å². The molecule has 2 aromatic carbocycles. The van der Waals surface area contributed by atoms with Crippen LogP contribution in [0.3, 0.4) is 0 Å². The third-order valence-corrected chi connectivity index (χ3v) is 3.74. The van der Waals surface area contributed by atoms with Crippen molar-refractivity contribution in [3.05, 3.63) is 71.9 Å². The summed E-state index contributed by atoms with van der Waals surface area (Å²) < 4.78 is 0. The SMILES string of the molecule is O=C(NCCc1ccccc1)C(=O)N/N=C/c1c[nH]c2ccccc12. The number of carbonyl (C=O) groups is 2. The van der Waals surface area contributed by atoms with E-state index in [0.717, 1.165) is 22.0 Å². The summed E-state index contributed by atoms with van der Waals surface area (Å²) in [6, 6.07) is 17.5.